The summed E-state index contributed by atoms with van der Waals surface area (Å²) in [6.45, 7) is 4.90. The molecule has 1 saturated heterocycles. The minimum absolute atomic E-state index is 0.0481. The van der Waals surface area contributed by atoms with Crippen LogP contribution in [0.5, 0.6) is 0 Å². The smallest absolute Gasteiger partial charge is 0.252 e. The van der Waals surface area contributed by atoms with E-state index < -0.39 is 0 Å². The van der Waals surface area contributed by atoms with E-state index in [2.05, 4.69) is 41.4 Å². The molecule has 3 aromatic rings. The third-order valence-corrected chi connectivity index (χ3v) is 10.3. The molecule has 3 aliphatic carbocycles. The van der Waals surface area contributed by atoms with Gasteiger partial charge in [0, 0.05) is 34.0 Å². The minimum atomic E-state index is 0.0481. The summed E-state index contributed by atoms with van der Waals surface area (Å²) < 4.78 is 1.91. The molecular formula is C27H30ClN5O. The number of fused-ring (bicyclic) bond motifs is 8. The van der Waals surface area contributed by atoms with Crippen molar-refractivity contribution in [3.05, 3.63) is 46.9 Å². The van der Waals surface area contributed by atoms with E-state index in [0.717, 1.165) is 42.0 Å². The maximum atomic E-state index is 12.1. The minimum Gasteiger partial charge on any atom is -0.353 e. The number of benzene rings is 1. The molecule has 1 N–H and O–H groups in total. The molecule has 3 fully saturated rings. The van der Waals surface area contributed by atoms with Crippen LogP contribution < -0.4 is 5.32 Å². The van der Waals surface area contributed by atoms with Gasteiger partial charge in [-0.25, -0.2) is 4.98 Å². The van der Waals surface area contributed by atoms with E-state index in [1.807, 2.05) is 16.6 Å². The number of halogens is 1. The Morgan fingerprint density at radius 3 is 2.74 bits per heavy atom. The lowest BCUT2D eigenvalue weighted by molar-refractivity contribution is -0.134. The number of carbonyl (C=O) groups is 1. The molecule has 34 heavy (non-hydrogen) atoms. The second kappa shape index (κ2) is 7.03. The number of nitrogens with zero attached hydrogens (tertiary/aromatic N) is 4. The van der Waals surface area contributed by atoms with Crippen molar-refractivity contribution in [3.63, 3.8) is 0 Å². The highest BCUT2D eigenvalue weighted by Gasteiger charge is 2.60. The summed E-state index contributed by atoms with van der Waals surface area (Å²) >= 11 is 6.22. The first-order valence-electron chi connectivity index (χ1n) is 12.7. The van der Waals surface area contributed by atoms with Gasteiger partial charge in [-0.1, -0.05) is 37.6 Å². The van der Waals surface area contributed by atoms with Crippen molar-refractivity contribution >= 4 is 23.3 Å². The summed E-state index contributed by atoms with van der Waals surface area (Å²) in [6, 6.07) is 8.40. The maximum Gasteiger partial charge on any atom is 0.252 e. The Kier molecular flexibility index (Phi) is 4.32. The number of hydrogen-bond acceptors (Lipinski definition) is 4. The molecule has 6 nitrogen and oxygen atoms in total. The highest BCUT2D eigenvalue weighted by Crippen LogP contribution is 2.63. The number of aromatic nitrogens is 4. The normalized spacial score (nSPS) is 36.4. The Morgan fingerprint density at radius 2 is 1.91 bits per heavy atom. The topological polar surface area (TPSA) is 72.2 Å². The third kappa shape index (κ3) is 2.69. The van der Waals surface area contributed by atoms with Gasteiger partial charge in [0.1, 0.15) is 6.33 Å². The van der Waals surface area contributed by atoms with Gasteiger partial charge in [-0.2, -0.15) is 14.6 Å². The number of carbonyl (C=O) groups excluding carboxylic acids is 1. The van der Waals surface area contributed by atoms with Crippen LogP contribution in [0.15, 0.2) is 30.6 Å². The van der Waals surface area contributed by atoms with Gasteiger partial charge in [-0.15, -0.1) is 0 Å². The fraction of sp³-hybridized carbons (Fsp3) is 0.556. The van der Waals surface area contributed by atoms with Gasteiger partial charge in [-0.05, 0) is 73.8 Å². The molecule has 3 heterocycles. The number of hydrogen-bond donors (Lipinski definition) is 1. The largest absolute Gasteiger partial charge is 0.353 e. The van der Waals surface area contributed by atoms with Gasteiger partial charge in [0.2, 0.25) is 5.91 Å². The van der Waals surface area contributed by atoms with Crippen LogP contribution in [0.2, 0.25) is 5.02 Å². The standard InChI is InChI=1S/C27H30ClN5O/c1-26-12-10-22(34)31-21(26)8-7-17-19(26)9-11-27(2)20(17)13-18-23(15-3-5-16(28)6-4-15)33-25(29-14-30-33)32-24(18)27/h3-6,14,17,19-21H,7-13H2,1-2H3,(H,31,34)/t17-,19+,20+,21-,26-,27+/m1/s1. The SMILES string of the molecule is C[C@]12CCC(=O)N[C@@H]1CC[C@@H]1[C@@H]2CC[C@]2(C)c3nc4ncnn4c(-c4ccc(Cl)cc4)c3C[C@@H]12. The molecule has 2 saturated carbocycles. The second-order valence-corrected chi connectivity index (χ2v) is 11.9. The Morgan fingerprint density at radius 1 is 1.09 bits per heavy atom. The molecule has 1 amide bonds. The molecule has 0 radical (unpaired) electrons. The van der Waals surface area contributed by atoms with Crippen molar-refractivity contribution in [1.29, 1.82) is 0 Å². The number of amides is 1. The Hall–Kier alpha value is -2.47. The number of piperidine rings is 1. The Balaban J connectivity index is 1.34. The Bertz CT molecular complexity index is 1320. The molecule has 176 valence electrons. The second-order valence-electron chi connectivity index (χ2n) is 11.5. The zero-order chi connectivity index (χ0) is 23.2. The summed E-state index contributed by atoms with van der Waals surface area (Å²) in [7, 11) is 0. The van der Waals surface area contributed by atoms with Gasteiger partial charge >= 0.3 is 0 Å². The highest BCUT2D eigenvalue weighted by atomic mass is 35.5. The lowest BCUT2D eigenvalue weighted by Gasteiger charge is -2.59. The predicted molar refractivity (Wildman–Crippen MR) is 130 cm³/mol. The van der Waals surface area contributed by atoms with Crippen molar-refractivity contribution in [2.45, 2.75) is 70.3 Å². The quantitative estimate of drug-likeness (QED) is 0.538. The number of rotatable bonds is 1. The van der Waals surface area contributed by atoms with Crippen LogP contribution in [0, 0.1) is 23.2 Å². The van der Waals surface area contributed by atoms with E-state index in [9.17, 15) is 4.79 Å². The van der Waals surface area contributed by atoms with Crippen LogP contribution in [0.25, 0.3) is 17.0 Å². The molecule has 7 heteroatoms. The third-order valence-electron chi connectivity index (χ3n) is 10.1. The molecule has 6 atom stereocenters. The lowest BCUT2D eigenvalue weighted by atomic mass is 9.47. The molecule has 7 rings (SSSR count). The average Bonchev–Trinajstić information content (AvgIpc) is 3.41. The van der Waals surface area contributed by atoms with Crippen LogP contribution >= 0.6 is 11.6 Å². The van der Waals surface area contributed by atoms with Gasteiger partial charge < -0.3 is 5.32 Å². The van der Waals surface area contributed by atoms with Crippen molar-refractivity contribution < 1.29 is 4.79 Å². The average molecular weight is 476 g/mol. The van der Waals surface area contributed by atoms with Gasteiger partial charge in [0.25, 0.3) is 5.78 Å². The molecule has 0 bridgehead atoms. The summed E-state index contributed by atoms with van der Waals surface area (Å²) in [5.41, 5.74) is 5.04. The summed E-state index contributed by atoms with van der Waals surface area (Å²) in [5.74, 6) is 2.78. The molecule has 1 aliphatic heterocycles. The number of nitrogens with one attached hydrogen (secondary N) is 1. The van der Waals surface area contributed by atoms with Crippen molar-refractivity contribution in [3.8, 4) is 11.3 Å². The van der Waals surface area contributed by atoms with Crippen LogP contribution in [-0.2, 0) is 16.6 Å². The fourth-order valence-corrected chi connectivity index (χ4v) is 8.49. The van der Waals surface area contributed by atoms with Gasteiger partial charge in [0.05, 0.1) is 11.4 Å². The lowest BCUT2D eigenvalue weighted by Crippen LogP contribution is -2.61. The fourth-order valence-electron chi connectivity index (χ4n) is 8.36. The highest BCUT2D eigenvalue weighted by molar-refractivity contribution is 6.30. The molecular weight excluding hydrogens is 446 g/mol. The first kappa shape index (κ1) is 20.9. The van der Waals surface area contributed by atoms with Gasteiger partial charge in [0.15, 0.2) is 0 Å². The van der Waals surface area contributed by atoms with E-state index in [4.69, 9.17) is 16.6 Å². The van der Waals surface area contributed by atoms with Crippen molar-refractivity contribution in [2.75, 3.05) is 0 Å². The van der Waals surface area contributed by atoms with E-state index in [-0.39, 0.29) is 16.7 Å². The van der Waals surface area contributed by atoms with E-state index in [0.29, 0.717) is 36.0 Å². The first-order chi connectivity index (χ1) is 16.4. The molecule has 2 aromatic heterocycles. The molecule has 4 aliphatic rings. The zero-order valence-electron chi connectivity index (χ0n) is 19.7. The predicted octanol–water partition coefficient (Wildman–Crippen LogP) is 4.98. The van der Waals surface area contributed by atoms with Crippen LogP contribution in [0.1, 0.15) is 63.6 Å². The summed E-state index contributed by atoms with van der Waals surface area (Å²) in [4.78, 5) is 21.8. The summed E-state index contributed by atoms with van der Waals surface area (Å²) in [5, 5.41) is 8.64. The molecule has 1 aromatic carbocycles. The first-order valence-corrected chi connectivity index (χ1v) is 13.0. The molecule has 0 unspecified atom stereocenters. The van der Waals surface area contributed by atoms with E-state index in [1.165, 1.54) is 24.1 Å². The van der Waals surface area contributed by atoms with Gasteiger partial charge in [-0.3, -0.25) is 4.79 Å². The van der Waals surface area contributed by atoms with Crippen LogP contribution in [0.4, 0.5) is 0 Å². The van der Waals surface area contributed by atoms with E-state index in [1.54, 1.807) is 6.33 Å². The zero-order valence-corrected chi connectivity index (χ0v) is 20.5. The Labute approximate surface area is 204 Å². The van der Waals surface area contributed by atoms with Crippen LogP contribution in [-0.4, -0.2) is 31.5 Å². The van der Waals surface area contributed by atoms with Crippen LogP contribution in [0.3, 0.4) is 0 Å². The van der Waals surface area contributed by atoms with Crippen molar-refractivity contribution in [1.82, 2.24) is 24.9 Å². The maximum absolute atomic E-state index is 12.1. The monoisotopic (exact) mass is 475 g/mol. The summed E-state index contributed by atoms with van der Waals surface area (Å²) in [6.07, 6.45) is 8.94. The van der Waals surface area contributed by atoms with Crippen molar-refractivity contribution in [2.24, 2.45) is 23.2 Å². The molecule has 0 spiro atoms. The van der Waals surface area contributed by atoms with E-state index >= 15 is 0 Å².